The first-order valence-corrected chi connectivity index (χ1v) is 13.2. The number of carbonyl (C=O) groups excluding carboxylic acids is 1. The molecule has 8 heteroatoms. The number of nitrogens with zero attached hydrogens (tertiary/aromatic N) is 2. The van der Waals surface area contributed by atoms with Gasteiger partial charge in [0.25, 0.3) is 5.91 Å². The molecule has 0 aromatic heterocycles. The Bertz CT molecular complexity index is 1320. The molecule has 1 aliphatic rings. The lowest BCUT2D eigenvalue weighted by atomic mass is 10.1. The van der Waals surface area contributed by atoms with E-state index in [1.54, 1.807) is 17.0 Å². The SMILES string of the molecule is CCOc1cc(/C=C2/SC(=Nc3ccc(F)cc3)N(CC)C2=O)c(Br)cc1OCc1cccc(C)c1. The number of likely N-dealkylation sites (N-methyl/N-ethyl adjacent to an activating group) is 1. The van der Waals surface area contributed by atoms with E-state index in [9.17, 15) is 9.18 Å². The van der Waals surface area contributed by atoms with E-state index in [-0.39, 0.29) is 11.7 Å². The van der Waals surface area contributed by atoms with Gasteiger partial charge in [0.2, 0.25) is 0 Å². The summed E-state index contributed by atoms with van der Waals surface area (Å²) in [7, 11) is 0. The van der Waals surface area contributed by atoms with Crippen LogP contribution in [-0.4, -0.2) is 29.1 Å². The highest BCUT2D eigenvalue weighted by atomic mass is 79.9. The lowest BCUT2D eigenvalue weighted by Gasteiger charge is -2.14. The maximum Gasteiger partial charge on any atom is 0.266 e. The van der Waals surface area contributed by atoms with Gasteiger partial charge in [0.05, 0.1) is 17.2 Å². The monoisotopic (exact) mass is 568 g/mol. The van der Waals surface area contributed by atoms with E-state index < -0.39 is 0 Å². The number of hydrogen-bond acceptors (Lipinski definition) is 5. The minimum atomic E-state index is -0.330. The number of benzene rings is 3. The Labute approximate surface area is 223 Å². The lowest BCUT2D eigenvalue weighted by molar-refractivity contribution is -0.122. The number of hydrogen-bond donors (Lipinski definition) is 0. The minimum Gasteiger partial charge on any atom is -0.490 e. The summed E-state index contributed by atoms with van der Waals surface area (Å²) in [5, 5.41) is 0.555. The molecule has 4 rings (SSSR count). The average Bonchev–Trinajstić information content (AvgIpc) is 3.15. The Kier molecular flexibility index (Phi) is 8.48. The minimum absolute atomic E-state index is 0.131. The van der Waals surface area contributed by atoms with E-state index in [0.29, 0.717) is 47.0 Å². The maximum atomic E-state index is 13.3. The summed E-state index contributed by atoms with van der Waals surface area (Å²) in [6.07, 6.45) is 1.82. The maximum absolute atomic E-state index is 13.3. The van der Waals surface area contributed by atoms with Gasteiger partial charge in [-0.2, -0.15) is 0 Å². The van der Waals surface area contributed by atoms with Crippen molar-refractivity contribution in [1.82, 2.24) is 4.90 Å². The van der Waals surface area contributed by atoms with E-state index in [0.717, 1.165) is 15.6 Å². The van der Waals surface area contributed by atoms with Gasteiger partial charge in [-0.3, -0.25) is 9.69 Å². The van der Waals surface area contributed by atoms with Gasteiger partial charge in [-0.25, -0.2) is 9.38 Å². The zero-order valence-corrected chi connectivity index (χ0v) is 22.7. The first-order valence-electron chi connectivity index (χ1n) is 11.6. The van der Waals surface area contributed by atoms with Crippen LogP contribution in [0.15, 0.2) is 75.0 Å². The van der Waals surface area contributed by atoms with Crippen LogP contribution in [0.5, 0.6) is 11.5 Å². The van der Waals surface area contributed by atoms with Gasteiger partial charge in [-0.15, -0.1) is 0 Å². The number of aryl methyl sites for hydroxylation is 1. The summed E-state index contributed by atoms with van der Waals surface area (Å²) in [5.41, 5.74) is 3.62. The van der Waals surface area contributed by atoms with Gasteiger partial charge >= 0.3 is 0 Å². The molecule has 186 valence electrons. The van der Waals surface area contributed by atoms with Gasteiger partial charge in [0.1, 0.15) is 12.4 Å². The van der Waals surface area contributed by atoms with Crippen LogP contribution in [0.2, 0.25) is 0 Å². The largest absolute Gasteiger partial charge is 0.490 e. The highest BCUT2D eigenvalue weighted by molar-refractivity contribution is 9.10. The number of rotatable bonds is 8. The molecule has 36 heavy (non-hydrogen) atoms. The molecule has 0 unspecified atom stereocenters. The van der Waals surface area contributed by atoms with Gasteiger partial charge in [0, 0.05) is 11.0 Å². The number of amidine groups is 1. The molecule has 1 saturated heterocycles. The first-order chi connectivity index (χ1) is 17.4. The van der Waals surface area contributed by atoms with Gasteiger partial charge < -0.3 is 9.47 Å². The second-order valence-corrected chi connectivity index (χ2v) is 9.93. The van der Waals surface area contributed by atoms with Crippen LogP contribution >= 0.6 is 27.7 Å². The second kappa shape index (κ2) is 11.8. The molecule has 1 heterocycles. The Hall–Kier alpha value is -3.10. The molecular formula is C28H26BrFN2O3S. The summed E-state index contributed by atoms with van der Waals surface area (Å²) in [5.74, 6) is 0.756. The fourth-order valence-electron chi connectivity index (χ4n) is 3.64. The van der Waals surface area contributed by atoms with E-state index >= 15 is 0 Å². The molecule has 3 aromatic carbocycles. The molecule has 0 spiro atoms. The molecule has 3 aromatic rings. The predicted molar refractivity (Wildman–Crippen MR) is 147 cm³/mol. The van der Waals surface area contributed by atoms with E-state index in [4.69, 9.17) is 9.47 Å². The smallest absolute Gasteiger partial charge is 0.266 e. The van der Waals surface area contributed by atoms with E-state index in [1.165, 1.54) is 29.5 Å². The number of ether oxygens (including phenoxy) is 2. The molecule has 1 amide bonds. The third-order valence-electron chi connectivity index (χ3n) is 5.38. The van der Waals surface area contributed by atoms with Crippen LogP contribution in [0.1, 0.15) is 30.5 Å². The third-order valence-corrected chi connectivity index (χ3v) is 7.08. The highest BCUT2D eigenvalue weighted by Gasteiger charge is 2.32. The number of thioether (sulfide) groups is 1. The van der Waals surface area contributed by atoms with Crippen LogP contribution in [0.3, 0.4) is 0 Å². The second-order valence-electron chi connectivity index (χ2n) is 8.06. The Morgan fingerprint density at radius 2 is 1.81 bits per heavy atom. The van der Waals surface area contributed by atoms with E-state index in [1.807, 2.05) is 57.2 Å². The number of halogens is 2. The molecular weight excluding hydrogens is 543 g/mol. The zero-order valence-electron chi connectivity index (χ0n) is 20.3. The van der Waals surface area contributed by atoms with Crippen molar-refractivity contribution in [3.8, 4) is 11.5 Å². The van der Waals surface area contributed by atoms with Gasteiger partial charge in [-0.1, -0.05) is 45.8 Å². The Morgan fingerprint density at radius 3 is 2.50 bits per heavy atom. The van der Waals surface area contributed by atoms with Crippen molar-refractivity contribution in [3.63, 3.8) is 0 Å². The fourth-order valence-corrected chi connectivity index (χ4v) is 5.13. The van der Waals surface area contributed by atoms with Crippen molar-refractivity contribution in [2.45, 2.75) is 27.4 Å². The molecule has 5 nitrogen and oxygen atoms in total. The number of aliphatic imine (C=N–C) groups is 1. The van der Waals surface area contributed by atoms with Gasteiger partial charge in [0.15, 0.2) is 16.7 Å². The molecule has 1 fully saturated rings. The normalized spacial score (nSPS) is 15.7. The quantitative estimate of drug-likeness (QED) is 0.264. The lowest BCUT2D eigenvalue weighted by Crippen LogP contribution is -2.28. The molecule has 0 atom stereocenters. The van der Waals surface area contributed by atoms with Crippen molar-refractivity contribution in [3.05, 3.63) is 92.5 Å². The summed E-state index contributed by atoms with van der Waals surface area (Å²) in [6, 6.07) is 17.8. The zero-order chi connectivity index (χ0) is 25.7. The topological polar surface area (TPSA) is 51.1 Å². The Morgan fingerprint density at radius 1 is 1.06 bits per heavy atom. The summed E-state index contributed by atoms with van der Waals surface area (Å²) >= 11 is 4.91. The average molecular weight is 569 g/mol. The van der Waals surface area contributed by atoms with Crippen LogP contribution in [-0.2, 0) is 11.4 Å². The van der Waals surface area contributed by atoms with Crippen molar-refractivity contribution in [2.24, 2.45) is 4.99 Å². The van der Waals surface area contributed by atoms with Crippen LogP contribution < -0.4 is 9.47 Å². The van der Waals surface area contributed by atoms with Crippen LogP contribution in [0.4, 0.5) is 10.1 Å². The molecule has 1 aliphatic heterocycles. The van der Waals surface area contributed by atoms with Gasteiger partial charge in [-0.05, 0) is 86.1 Å². The Balaban J connectivity index is 1.61. The highest BCUT2D eigenvalue weighted by Crippen LogP contribution is 2.39. The summed E-state index contributed by atoms with van der Waals surface area (Å²) < 4.78 is 26.0. The molecule has 0 radical (unpaired) electrons. The number of carbonyl (C=O) groups is 1. The van der Waals surface area contributed by atoms with Crippen molar-refractivity contribution in [1.29, 1.82) is 0 Å². The molecule has 0 N–H and O–H groups in total. The van der Waals surface area contributed by atoms with Crippen molar-refractivity contribution in [2.75, 3.05) is 13.2 Å². The van der Waals surface area contributed by atoms with Crippen molar-refractivity contribution < 1.29 is 18.7 Å². The summed E-state index contributed by atoms with van der Waals surface area (Å²) in [6.45, 7) is 7.22. The standard InChI is InChI=1S/C28H26BrFN2O3S/c1-4-32-27(33)26(36-28(32)31-22-11-9-21(30)10-12-22)15-20-14-24(34-5-2)25(16-23(20)29)35-17-19-8-6-7-18(3)13-19/h6-16H,4-5,17H2,1-3H3/b26-15+,31-28?. The van der Waals surface area contributed by atoms with E-state index in [2.05, 4.69) is 27.0 Å². The molecule has 0 bridgehead atoms. The van der Waals surface area contributed by atoms with Crippen LogP contribution in [0.25, 0.3) is 6.08 Å². The van der Waals surface area contributed by atoms with Crippen molar-refractivity contribution >= 4 is 50.5 Å². The fraction of sp³-hybridized carbons (Fsp3) is 0.214. The predicted octanol–water partition coefficient (Wildman–Crippen LogP) is 7.50. The molecule has 0 saturated carbocycles. The number of amides is 1. The third kappa shape index (κ3) is 6.17. The molecule has 0 aliphatic carbocycles. The first kappa shape index (κ1) is 26.0. The van der Waals surface area contributed by atoms with Crippen LogP contribution in [0, 0.1) is 12.7 Å². The summed E-state index contributed by atoms with van der Waals surface area (Å²) in [4.78, 5) is 19.8.